The maximum absolute atomic E-state index is 14.4. The molecule has 0 bridgehead atoms. The van der Waals surface area contributed by atoms with Crippen LogP contribution in [0.4, 0.5) is 10.1 Å². The van der Waals surface area contributed by atoms with E-state index < -0.39 is 18.0 Å². The van der Waals surface area contributed by atoms with Crippen LogP contribution in [-0.2, 0) is 16.2 Å². The van der Waals surface area contributed by atoms with Gasteiger partial charge in [-0.3, -0.25) is 14.4 Å². The molecule has 0 fully saturated rings. The predicted molar refractivity (Wildman–Crippen MR) is 109 cm³/mol. The number of nitrogens with one attached hydrogen (secondary N) is 2. The fourth-order valence-corrected chi connectivity index (χ4v) is 3.35. The molecular weight excluding hydrogens is 405 g/mol. The van der Waals surface area contributed by atoms with Crippen molar-refractivity contribution in [1.29, 1.82) is 0 Å². The van der Waals surface area contributed by atoms with Crippen LogP contribution in [-0.4, -0.2) is 53.1 Å². The number of nitrogens with zero attached hydrogens (tertiary/aromatic N) is 3. The quantitative estimate of drug-likeness (QED) is 0.703. The average molecular weight is 427 g/mol. The lowest BCUT2D eigenvalue weighted by atomic mass is 10.1. The Labute approximate surface area is 178 Å². The molecule has 2 aliphatic rings. The molecule has 2 aliphatic heterocycles. The maximum Gasteiger partial charge on any atom is 0.269 e. The number of anilines is 1. The minimum atomic E-state index is -0.718. The smallest absolute Gasteiger partial charge is 0.269 e. The van der Waals surface area contributed by atoms with Gasteiger partial charge in [0, 0.05) is 25.4 Å². The van der Waals surface area contributed by atoms with E-state index in [1.807, 2.05) is 13.0 Å². The predicted octanol–water partition coefficient (Wildman–Crippen LogP) is 1.92. The lowest BCUT2D eigenvalue weighted by molar-refractivity contribution is -0.150. The molecule has 10 heteroatoms. The van der Waals surface area contributed by atoms with Gasteiger partial charge in [-0.15, -0.1) is 0 Å². The van der Waals surface area contributed by atoms with Crippen LogP contribution in [0.15, 0.2) is 30.5 Å². The molecule has 2 amide bonds. The highest BCUT2D eigenvalue weighted by Gasteiger charge is 2.27. The van der Waals surface area contributed by atoms with Gasteiger partial charge >= 0.3 is 0 Å². The van der Waals surface area contributed by atoms with Crippen molar-refractivity contribution in [3.8, 4) is 5.88 Å². The SMILES string of the molecule is CCC1Oc2ncc(CN3CC=C(c4ccc(C(=O)NC)nc4F)CO3)cc2NC1=O. The van der Waals surface area contributed by atoms with Crippen LogP contribution in [0.5, 0.6) is 5.88 Å². The van der Waals surface area contributed by atoms with Gasteiger partial charge in [-0.05, 0) is 35.8 Å². The zero-order valence-electron chi connectivity index (χ0n) is 17.1. The summed E-state index contributed by atoms with van der Waals surface area (Å²) in [5.74, 6) is -0.950. The summed E-state index contributed by atoms with van der Waals surface area (Å²) in [7, 11) is 1.46. The summed E-state index contributed by atoms with van der Waals surface area (Å²) >= 11 is 0. The molecule has 0 aliphatic carbocycles. The lowest BCUT2D eigenvalue weighted by Gasteiger charge is -2.27. The van der Waals surface area contributed by atoms with Gasteiger partial charge in [0.2, 0.25) is 11.8 Å². The van der Waals surface area contributed by atoms with Crippen molar-refractivity contribution < 1.29 is 23.6 Å². The Bertz CT molecular complexity index is 1060. The van der Waals surface area contributed by atoms with Crippen LogP contribution >= 0.6 is 0 Å². The van der Waals surface area contributed by atoms with E-state index in [2.05, 4.69) is 20.6 Å². The second-order valence-corrected chi connectivity index (χ2v) is 7.14. The zero-order valence-corrected chi connectivity index (χ0v) is 17.1. The maximum atomic E-state index is 14.4. The van der Waals surface area contributed by atoms with Crippen molar-refractivity contribution in [3.63, 3.8) is 0 Å². The Kier molecular flexibility index (Phi) is 5.92. The van der Waals surface area contributed by atoms with Crippen LogP contribution in [0.3, 0.4) is 0 Å². The third-order valence-electron chi connectivity index (χ3n) is 5.04. The van der Waals surface area contributed by atoms with Crippen molar-refractivity contribution in [3.05, 3.63) is 53.2 Å². The molecule has 31 heavy (non-hydrogen) atoms. The first-order valence-electron chi connectivity index (χ1n) is 9.90. The largest absolute Gasteiger partial charge is 0.463 e. The summed E-state index contributed by atoms with van der Waals surface area (Å²) in [6, 6.07) is 4.80. The Balaban J connectivity index is 1.42. The first kappa shape index (κ1) is 20.9. The summed E-state index contributed by atoms with van der Waals surface area (Å²) in [5, 5.41) is 6.93. The molecule has 0 spiro atoms. The Hall–Kier alpha value is -3.37. The monoisotopic (exact) mass is 427 g/mol. The molecule has 2 aromatic heterocycles. The van der Waals surface area contributed by atoms with E-state index in [0.29, 0.717) is 42.2 Å². The van der Waals surface area contributed by atoms with Gasteiger partial charge in [0.05, 0.1) is 13.2 Å². The van der Waals surface area contributed by atoms with Crippen LogP contribution in [0.2, 0.25) is 0 Å². The molecular formula is C21H22FN5O4. The highest BCUT2D eigenvalue weighted by molar-refractivity contribution is 5.97. The molecule has 1 atom stereocenters. The number of fused-ring (bicyclic) bond motifs is 1. The number of carbonyl (C=O) groups is 2. The normalized spacial score (nSPS) is 18.5. The first-order valence-corrected chi connectivity index (χ1v) is 9.90. The third-order valence-corrected chi connectivity index (χ3v) is 5.04. The molecule has 1 unspecified atom stereocenters. The number of pyridine rings is 2. The first-order chi connectivity index (χ1) is 15.0. The van der Waals surface area contributed by atoms with Gasteiger partial charge in [0.1, 0.15) is 11.4 Å². The van der Waals surface area contributed by atoms with Gasteiger partial charge in [-0.2, -0.15) is 9.45 Å². The Morgan fingerprint density at radius 2 is 2.26 bits per heavy atom. The van der Waals surface area contributed by atoms with Gasteiger partial charge in [0.25, 0.3) is 11.8 Å². The van der Waals surface area contributed by atoms with Gasteiger partial charge in [-0.1, -0.05) is 13.0 Å². The number of hydroxylamine groups is 2. The van der Waals surface area contributed by atoms with Crippen molar-refractivity contribution in [2.24, 2.45) is 0 Å². The number of rotatable bonds is 5. The minimum absolute atomic E-state index is 0.0175. The van der Waals surface area contributed by atoms with E-state index in [4.69, 9.17) is 9.57 Å². The van der Waals surface area contributed by atoms with Crippen molar-refractivity contribution in [2.45, 2.75) is 26.0 Å². The minimum Gasteiger partial charge on any atom is -0.463 e. The Morgan fingerprint density at radius 1 is 1.42 bits per heavy atom. The fraction of sp³-hybridized carbons (Fsp3) is 0.333. The summed E-state index contributed by atoms with van der Waals surface area (Å²) in [4.78, 5) is 37.3. The molecule has 4 heterocycles. The summed E-state index contributed by atoms with van der Waals surface area (Å²) in [6.45, 7) is 2.88. The van der Waals surface area contributed by atoms with Gasteiger partial charge in [-0.25, -0.2) is 9.97 Å². The summed E-state index contributed by atoms with van der Waals surface area (Å²) in [6.07, 6.45) is 3.56. The molecule has 0 saturated carbocycles. The standard InChI is InChI=1S/C21H22FN5O4/c1-3-17-20(29)26-16-8-12(9-24-21(16)31-17)10-27-7-6-13(11-30-27)14-4-5-15(19(28)23-2)25-18(14)22/h4-6,8-9,17H,3,7,10-11H2,1-2H3,(H,23,28)(H,26,29). The van der Waals surface area contributed by atoms with E-state index in [0.717, 1.165) is 5.56 Å². The molecule has 9 nitrogen and oxygen atoms in total. The molecule has 0 radical (unpaired) electrons. The molecule has 2 aromatic rings. The van der Waals surface area contributed by atoms with E-state index in [9.17, 15) is 14.0 Å². The second kappa shape index (κ2) is 8.78. The average Bonchev–Trinajstić information content (AvgIpc) is 2.78. The van der Waals surface area contributed by atoms with E-state index >= 15 is 0 Å². The topological polar surface area (TPSA) is 106 Å². The van der Waals surface area contributed by atoms with Crippen LogP contribution in [0.25, 0.3) is 5.57 Å². The third kappa shape index (κ3) is 4.39. The van der Waals surface area contributed by atoms with Crippen LogP contribution in [0.1, 0.15) is 35.0 Å². The number of carbonyl (C=O) groups excluding carboxylic acids is 2. The molecule has 162 valence electrons. The van der Waals surface area contributed by atoms with E-state index in [1.54, 1.807) is 17.3 Å². The van der Waals surface area contributed by atoms with Gasteiger partial charge < -0.3 is 15.4 Å². The fourth-order valence-electron chi connectivity index (χ4n) is 3.35. The van der Waals surface area contributed by atoms with E-state index in [1.165, 1.54) is 19.2 Å². The number of halogens is 1. The number of hydrogen-bond donors (Lipinski definition) is 2. The number of hydrogen-bond acceptors (Lipinski definition) is 7. The molecule has 0 aromatic carbocycles. The zero-order chi connectivity index (χ0) is 22.0. The lowest BCUT2D eigenvalue weighted by Crippen LogP contribution is -2.37. The summed E-state index contributed by atoms with van der Waals surface area (Å²) in [5.41, 5.74) is 2.33. The van der Waals surface area contributed by atoms with Crippen molar-refractivity contribution in [1.82, 2.24) is 20.3 Å². The Morgan fingerprint density at radius 3 is 2.94 bits per heavy atom. The van der Waals surface area contributed by atoms with Crippen LogP contribution in [0, 0.1) is 5.95 Å². The van der Waals surface area contributed by atoms with Crippen molar-refractivity contribution in [2.75, 3.05) is 25.5 Å². The van der Waals surface area contributed by atoms with Crippen molar-refractivity contribution >= 4 is 23.1 Å². The molecule has 0 saturated heterocycles. The number of amides is 2. The highest BCUT2D eigenvalue weighted by Crippen LogP contribution is 2.29. The summed E-state index contributed by atoms with van der Waals surface area (Å²) < 4.78 is 20.0. The van der Waals surface area contributed by atoms with Crippen LogP contribution < -0.4 is 15.4 Å². The van der Waals surface area contributed by atoms with E-state index in [-0.39, 0.29) is 18.2 Å². The number of ether oxygens (including phenoxy) is 1. The number of aromatic nitrogens is 2. The molecule has 2 N–H and O–H groups in total. The highest BCUT2D eigenvalue weighted by atomic mass is 19.1. The second-order valence-electron chi connectivity index (χ2n) is 7.14. The van der Waals surface area contributed by atoms with Gasteiger partial charge in [0.15, 0.2) is 6.10 Å². The molecule has 4 rings (SSSR count).